The molecule has 1 fully saturated rings. The molecule has 0 amide bonds. The Bertz CT molecular complexity index is 1350. The van der Waals surface area contributed by atoms with E-state index in [-0.39, 0.29) is 11.3 Å². The third-order valence-corrected chi connectivity index (χ3v) is 6.09. The summed E-state index contributed by atoms with van der Waals surface area (Å²) in [5, 5.41) is 4.14. The lowest BCUT2D eigenvalue weighted by molar-refractivity contribution is 0.103. The highest BCUT2D eigenvalue weighted by atomic mass is 16.5. The molecule has 1 aromatic carbocycles. The Labute approximate surface area is 187 Å². The number of benzene rings is 1. The average Bonchev–Trinajstić information content (AvgIpc) is 3.41. The van der Waals surface area contributed by atoms with Gasteiger partial charge in [-0.1, -0.05) is 11.2 Å². The van der Waals surface area contributed by atoms with Crippen molar-refractivity contribution in [2.24, 2.45) is 0 Å². The van der Waals surface area contributed by atoms with Crippen molar-refractivity contribution in [1.82, 2.24) is 19.7 Å². The van der Waals surface area contributed by atoms with Crippen LogP contribution in [0.4, 0.5) is 0 Å². The minimum atomic E-state index is -0.175. The molecule has 6 nitrogen and oxygen atoms in total. The fourth-order valence-corrected chi connectivity index (χ4v) is 4.54. The topological polar surface area (TPSA) is 73.8 Å². The third kappa shape index (κ3) is 3.34. The summed E-state index contributed by atoms with van der Waals surface area (Å²) in [4.78, 5) is 23.3. The summed E-state index contributed by atoms with van der Waals surface area (Å²) in [6.45, 7) is 12.3. The Hall–Kier alpha value is -3.28. The summed E-state index contributed by atoms with van der Waals surface area (Å²) >= 11 is 0. The first kappa shape index (κ1) is 20.6. The van der Waals surface area contributed by atoms with Gasteiger partial charge in [-0.05, 0) is 84.2 Å². The Morgan fingerprint density at radius 2 is 1.84 bits per heavy atom. The molecule has 1 aliphatic carbocycles. The van der Waals surface area contributed by atoms with Gasteiger partial charge >= 0.3 is 0 Å². The third-order valence-electron chi connectivity index (χ3n) is 6.09. The number of rotatable bonds is 4. The lowest BCUT2D eigenvalue weighted by Gasteiger charge is -2.25. The maximum absolute atomic E-state index is 13.7. The molecule has 32 heavy (non-hydrogen) atoms. The van der Waals surface area contributed by atoms with Crippen molar-refractivity contribution >= 4 is 16.8 Å². The van der Waals surface area contributed by atoms with Crippen LogP contribution in [0.3, 0.4) is 0 Å². The minimum Gasteiger partial charge on any atom is -0.361 e. The van der Waals surface area contributed by atoms with Crippen LogP contribution in [0.1, 0.15) is 78.6 Å². The van der Waals surface area contributed by atoms with Gasteiger partial charge in [0.1, 0.15) is 22.8 Å². The highest BCUT2D eigenvalue weighted by Crippen LogP contribution is 2.44. The van der Waals surface area contributed by atoms with Crippen LogP contribution in [0.25, 0.3) is 22.2 Å². The predicted molar refractivity (Wildman–Crippen MR) is 124 cm³/mol. The van der Waals surface area contributed by atoms with Crippen LogP contribution >= 0.6 is 0 Å². The Balaban J connectivity index is 1.85. The van der Waals surface area contributed by atoms with Crippen molar-refractivity contribution in [1.29, 1.82) is 0 Å². The van der Waals surface area contributed by atoms with E-state index in [1.807, 2.05) is 39.0 Å². The molecular weight excluding hydrogens is 400 g/mol. The number of fused-ring (bicyclic) bond motifs is 1. The largest absolute Gasteiger partial charge is 0.361 e. The summed E-state index contributed by atoms with van der Waals surface area (Å²) < 4.78 is 7.75. The first-order valence-electron chi connectivity index (χ1n) is 11.1. The molecule has 0 aliphatic heterocycles. The van der Waals surface area contributed by atoms with Crippen molar-refractivity contribution in [2.45, 2.75) is 65.8 Å². The molecule has 0 saturated heterocycles. The summed E-state index contributed by atoms with van der Waals surface area (Å²) in [7, 11) is 0. The van der Waals surface area contributed by atoms with E-state index in [1.165, 1.54) is 0 Å². The number of pyridine rings is 1. The van der Waals surface area contributed by atoms with Crippen LogP contribution in [0.5, 0.6) is 0 Å². The van der Waals surface area contributed by atoms with Gasteiger partial charge in [-0.15, -0.1) is 0 Å². The Morgan fingerprint density at radius 1 is 1.09 bits per heavy atom. The summed E-state index contributed by atoms with van der Waals surface area (Å²) in [5.74, 6) is 2.13. The molecular formula is C26H28N4O2. The number of carbonyl (C=O) groups is 1. The molecule has 3 aromatic heterocycles. The zero-order valence-electron chi connectivity index (χ0n) is 19.5. The van der Waals surface area contributed by atoms with Crippen molar-refractivity contribution in [3.05, 3.63) is 64.6 Å². The van der Waals surface area contributed by atoms with E-state index in [9.17, 15) is 4.79 Å². The maximum atomic E-state index is 13.7. The van der Waals surface area contributed by atoms with E-state index in [1.54, 1.807) is 6.07 Å². The standard InChI is InChI=1S/C26H28N4O2/c1-14-8-7-9-20(27-14)24(31)19-12-18(22-15(2)29-32-16(22)3)13-21-23(19)28-25(17-10-11-17)30(21)26(4,5)6/h7-9,12-13,17H,10-11H2,1-6H3. The Morgan fingerprint density at radius 3 is 2.44 bits per heavy atom. The molecule has 0 spiro atoms. The van der Waals surface area contributed by atoms with Gasteiger partial charge in [0.25, 0.3) is 0 Å². The first-order chi connectivity index (χ1) is 15.1. The molecule has 1 saturated carbocycles. The van der Waals surface area contributed by atoms with E-state index in [4.69, 9.17) is 9.51 Å². The molecule has 0 atom stereocenters. The van der Waals surface area contributed by atoms with Crippen molar-refractivity contribution in [2.75, 3.05) is 0 Å². The van der Waals surface area contributed by atoms with Crippen molar-refractivity contribution in [3.8, 4) is 11.1 Å². The van der Waals surface area contributed by atoms with Crippen molar-refractivity contribution < 1.29 is 9.32 Å². The molecule has 6 heteroatoms. The van der Waals surface area contributed by atoms with E-state index < -0.39 is 0 Å². The van der Waals surface area contributed by atoms with Gasteiger partial charge in [-0.25, -0.2) is 9.97 Å². The molecule has 1 aliphatic rings. The molecule has 0 unspecified atom stereocenters. The molecule has 0 N–H and O–H groups in total. The predicted octanol–water partition coefficient (Wildman–Crippen LogP) is 5.87. The second-order valence-electron chi connectivity index (χ2n) is 9.83. The van der Waals surface area contributed by atoms with Crippen molar-refractivity contribution in [3.63, 3.8) is 0 Å². The second-order valence-corrected chi connectivity index (χ2v) is 9.83. The zero-order valence-corrected chi connectivity index (χ0v) is 19.5. The van der Waals surface area contributed by atoms with Crippen LogP contribution in [0.15, 0.2) is 34.9 Å². The second kappa shape index (κ2) is 7.12. The number of ketones is 1. The van der Waals surface area contributed by atoms with Crippen LogP contribution in [0, 0.1) is 20.8 Å². The summed E-state index contributed by atoms with van der Waals surface area (Å²) in [6.07, 6.45) is 2.28. The highest BCUT2D eigenvalue weighted by molar-refractivity contribution is 6.15. The van der Waals surface area contributed by atoms with E-state index in [0.717, 1.165) is 58.0 Å². The number of hydrogen-bond donors (Lipinski definition) is 0. The normalized spacial score (nSPS) is 14.3. The van der Waals surface area contributed by atoms with Crippen LogP contribution in [-0.4, -0.2) is 25.5 Å². The lowest BCUT2D eigenvalue weighted by Crippen LogP contribution is -2.23. The molecule has 0 bridgehead atoms. The first-order valence-corrected chi connectivity index (χ1v) is 11.1. The summed E-state index contributed by atoms with van der Waals surface area (Å²) in [6, 6.07) is 9.59. The van der Waals surface area contributed by atoms with E-state index in [2.05, 4.69) is 41.5 Å². The monoisotopic (exact) mass is 428 g/mol. The smallest absolute Gasteiger partial charge is 0.213 e. The van der Waals surface area contributed by atoms with Gasteiger partial charge < -0.3 is 9.09 Å². The molecule has 0 radical (unpaired) electrons. The number of hydrogen-bond acceptors (Lipinski definition) is 5. The zero-order chi connectivity index (χ0) is 22.8. The van der Waals surface area contributed by atoms with Gasteiger partial charge in [0, 0.05) is 22.7 Å². The maximum Gasteiger partial charge on any atom is 0.213 e. The van der Waals surface area contributed by atoms with E-state index >= 15 is 0 Å². The quantitative estimate of drug-likeness (QED) is 0.380. The number of aromatic nitrogens is 4. The SMILES string of the molecule is Cc1cccc(C(=O)c2cc(-c3c(C)noc3C)cc3c2nc(C2CC2)n3C(C)(C)C)n1. The minimum absolute atomic E-state index is 0.117. The molecule has 4 aromatic rings. The van der Waals surface area contributed by atoms with E-state index in [0.29, 0.717) is 17.2 Å². The number of aryl methyl sites for hydroxylation is 3. The number of carbonyl (C=O) groups excluding carboxylic acids is 1. The average molecular weight is 429 g/mol. The van der Waals surface area contributed by atoms with Gasteiger partial charge in [0.2, 0.25) is 5.78 Å². The Kier molecular flexibility index (Phi) is 4.59. The molecule has 5 rings (SSSR count). The molecule has 3 heterocycles. The fraction of sp³-hybridized carbons (Fsp3) is 0.385. The number of imidazole rings is 1. The van der Waals surface area contributed by atoms with Crippen LogP contribution < -0.4 is 0 Å². The van der Waals surface area contributed by atoms with Crippen LogP contribution in [0.2, 0.25) is 0 Å². The van der Waals surface area contributed by atoms with Gasteiger partial charge in [-0.2, -0.15) is 0 Å². The number of nitrogens with zero attached hydrogens (tertiary/aromatic N) is 4. The fourth-order valence-electron chi connectivity index (χ4n) is 4.54. The van der Waals surface area contributed by atoms with Gasteiger partial charge in [0.05, 0.1) is 16.8 Å². The summed E-state index contributed by atoms with van der Waals surface area (Å²) in [5.41, 5.74) is 5.99. The highest BCUT2D eigenvalue weighted by Gasteiger charge is 2.34. The van der Waals surface area contributed by atoms with Gasteiger partial charge in [0.15, 0.2) is 0 Å². The van der Waals surface area contributed by atoms with Crippen LogP contribution in [-0.2, 0) is 5.54 Å². The molecule has 164 valence electrons. The van der Waals surface area contributed by atoms with Gasteiger partial charge in [-0.3, -0.25) is 4.79 Å². The lowest BCUT2D eigenvalue weighted by atomic mass is 9.96.